The minimum atomic E-state index is -0.541. The minimum absolute atomic E-state index is 0.305. The van der Waals surface area contributed by atoms with Crippen molar-refractivity contribution in [1.29, 1.82) is 0 Å². The van der Waals surface area contributed by atoms with E-state index in [9.17, 15) is 9.59 Å². The Labute approximate surface area is 195 Å². The van der Waals surface area contributed by atoms with Crippen LogP contribution in [0.4, 0.5) is 10.5 Å². The largest absolute Gasteiger partial charge is 0.466 e. The Balaban J connectivity index is 1.54. The number of aryl methyl sites for hydroxylation is 2. The summed E-state index contributed by atoms with van der Waals surface area (Å²) in [5, 5.41) is 5.78. The zero-order valence-electron chi connectivity index (χ0n) is 19.6. The first-order valence-corrected chi connectivity index (χ1v) is 11.5. The molecule has 0 saturated carbocycles. The van der Waals surface area contributed by atoms with Gasteiger partial charge >= 0.3 is 12.0 Å². The van der Waals surface area contributed by atoms with E-state index in [-0.39, 0.29) is 6.03 Å². The summed E-state index contributed by atoms with van der Waals surface area (Å²) in [6, 6.07) is 15.6. The lowest BCUT2D eigenvalue weighted by molar-refractivity contribution is -0.136. The maximum atomic E-state index is 12.8. The first-order chi connectivity index (χ1) is 16.0. The van der Waals surface area contributed by atoms with Gasteiger partial charge in [-0.05, 0) is 36.1 Å². The van der Waals surface area contributed by atoms with Gasteiger partial charge in [0, 0.05) is 44.1 Å². The second-order valence-electron chi connectivity index (χ2n) is 8.56. The molecule has 0 radical (unpaired) electrons. The second kappa shape index (κ2) is 10.1. The minimum Gasteiger partial charge on any atom is -0.466 e. The average Bonchev–Trinajstić information content (AvgIpc) is 2.84. The molecule has 2 heterocycles. The van der Waals surface area contributed by atoms with Crippen molar-refractivity contribution in [3.05, 3.63) is 76.5 Å². The van der Waals surface area contributed by atoms with Crippen molar-refractivity contribution >= 4 is 17.7 Å². The van der Waals surface area contributed by atoms with Crippen LogP contribution in [0.3, 0.4) is 0 Å². The van der Waals surface area contributed by atoms with Crippen LogP contribution in [0.5, 0.6) is 0 Å². The molecule has 7 nitrogen and oxygen atoms in total. The number of methoxy groups -OCH3 is 1. The quantitative estimate of drug-likeness (QED) is 0.664. The molecule has 2 aromatic carbocycles. The van der Waals surface area contributed by atoms with Crippen LogP contribution >= 0.6 is 0 Å². The number of amides is 2. The van der Waals surface area contributed by atoms with Gasteiger partial charge in [-0.1, -0.05) is 49.4 Å². The van der Waals surface area contributed by atoms with Crippen molar-refractivity contribution in [3.63, 3.8) is 0 Å². The van der Waals surface area contributed by atoms with E-state index >= 15 is 0 Å². The molecule has 4 rings (SSSR count). The maximum absolute atomic E-state index is 12.8. The molecule has 1 fully saturated rings. The van der Waals surface area contributed by atoms with E-state index in [0.29, 0.717) is 17.8 Å². The van der Waals surface area contributed by atoms with Gasteiger partial charge in [0.25, 0.3) is 0 Å². The number of nitrogens with one attached hydrogen (secondary N) is 2. The topological polar surface area (TPSA) is 73.9 Å². The normalized spacial score (nSPS) is 19.2. The number of anilines is 1. The van der Waals surface area contributed by atoms with E-state index in [1.165, 1.54) is 23.9 Å². The average molecular weight is 449 g/mol. The Kier molecular flexibility index (Phi) is 6.99. The van der Waals surface area contributed by atoms with Gasteiger partial charge in [-0.25, -0.2) is 9.59 Å². The number of hydrogen-bond acceptors (Lipinski definition) is 5. The van der Waals surface area contributed by atoms with Crippen molar-refractivity contribution < 1.29 is 14.3 Å². The summed E-state index contributed by atoms with van der Waals surface area (Å²) in [5.74, 6) is -0.430. The molecule has 33 heavy (non-hydrogen) atoms. The predicted octanol–water partition coefficient (Wildman–Crippen LogP) is 3.16. The summed E-state index contributed by atoms with van der Waals surface area (Å²) >= 11 is 0. The highest BCUT2D eigenvalue weighted by atomic mass is 16.5. The van der Waals surface area contributed by atoms with Crippen LogP contribution < -0.4 is 15.5 Å². The van der Waals surface area contributed by atoms with Gasteiger partial charge in [-0.3, -0.25) is 4.90 Å². The lowest BCUT2D eigenvalue weighted by Gasteiger charge is -2.38. The molecule has 174 valence electrons. The summed E-state index contributed by atoms with van der Waals surface area (Å²) in [4.78, 5) is 30.0. The SMILES string of the molecule is CCc1ccc([C@H]2NC(=O)NC(CN3CCN(c4ccccc4C)CC3)=C2C(=O)OC)cc1. The number of carbonyl (C=O) groups is 2. The number of hydrogen-bond donors (Lipinski definition) is 2. The third-order valence-corrected chi connectivity index (χ3v) is 6.49. The first kappa shape index (κ1) is 22.9. The lowest BCUT2D eigenvalue weighted by Crippen LogP contribution is -2.51. The highest BCUT2D eigenvalue weighted by Gasteiger charge is 2.34. The van der Waals surface area contributed by atoms with Crippen molar-refractivity contribution in [1.82, 2.24) is 15.5 Å². The van der Waals surface area contributed by atoms with E-state index < -0.39 is 12.0 Å². The molecule has 2 aliphatic heterocycles. The third-order valence-electron chi connectivity index (χ3n) is 6.49. The molecule has 7 heteroatoms. The van der Waals surface area contributed by atoms with E-state index in [1.807, 2.05) is 24.3 Å². The second-order valence-corrected chi connectivity index (χ2v) is 8.56. The van der Waals surface area contributed by atoms with Crippen molar-refractivity contribution in [2.45, 2.75) is 26.3 Å². The molecule has 0 spiro atoms. The Morgan fingerprint density at radius 2 is 1.76 bits per heavy atom. The molecule has 0 bridgehead atoms. The molecular formula is C26H32N4O3. The van der Waals surface area contributed by atoms with Crippen LogP contribution in [0.15, 0.2) is 59.8 Å². The summed E-state index contributed by atoms with van der Waals surface area (Å²) < 4.78 is 5.11. The van der Waals surface area contributed by atoms with Crippen molar-refractivity contribution in [2.75, 3.05) is 44.7 Å². The fourth-order valence-electron chi connectivity index (χ4n) is 4.58. The van der Waals surface area contributed by atoms with Gasteiger partial charge in [0.05, 0.1) is 18.7 Å². The molecule has 2 aromatic rings. The van der Waals surface area contributed by atoms with Crippen LogP contribution in [-0.4, -0.2) is 56.7 Å². The van der Waals surface area contributed by atoms with Crippen LogP contribution in [0.25, 0.3) is 0 Å². The van der Waals surface area contributed by atoms with E-state index in [4.69, 9.17) is 4.74 Å². The summed E-state index contributed by atoms with van der Waals surface area (Å²) in [6.07, 6.45) is 0.929. The molecule has 2 amide bonds. The Hall–Kier alpha value is -3.32. The highest BCUT2D eigenvalue weighted by Crippen LogP contribution is 2.29. The highest BCUT2D eigenvalue weighted by molar-refractivity contribution is 5.95. The van der Waals surface area contributed by atoms with Gasteiger partial charge < -0.3 is 20.3 Å². The molecule has 2 N–H and O–H groups in total. The first-order valence-electron chi connectivity index (χ1n) is 11.5. The van der Waals surface area contributed by atoms with Gasteiger partial charge in [-0.2, -0.15) is 0 Å². The van der Waals surface area contributed by atoms with Gasteiger partial charge in [0.15, 0.2) is 0 Å². The lowest BCUT2D eigenvalue weighted by atomic mass is 9.94. The van der Waals surface area contributed by atoms with E-state index in [2.05, 4.69) is 58.5 Å². The van der Waals surface area contributed by atoms with Gasteiger partial charge in [-0.15, -0.1) is 0 Å². The monoisotopic (exact) mass is 448 g/mol. The number of esters is 1. The number of para-hydroxylation sites is 1. The Morgan fingerprint density at radius 3 is 2.39 bits per heavy atom. The van der Waals surface area contributed by atoms with Crippen LogP contribution in [0.2, 0.25) is 0 Å². The third kappa shape index (κ3) is 5.03. The van der Waals surface area contributed by atoms with Crippen LogP contribution in [0.1, 0.15) is 29.7 Å². The molecule has 0 unspecified atom stereocenters. The van der Waals surface area contributed by atoms with E-state index in [0.717, 1.165) is 38.2 Å². The fraction of sp³-hybridized carbons (Fsp3) is 0.385. The molecule has 1 atom stereocenters. The number of ether oxygens (including phenoxy) is 1. The predicted molar refractivity (Wildman–Crippen MR) is 129 cm³/mol. The smallest absolute Gasteiger partial charge is 0.338 e. The van der Waals surface area contributed by atoms with Crippen LogP contribution in [-0.2, 0) is 16.0 Å². The van der Waals surface area contributed by atoms with Gasteiger partial charge in [0.2, 0.25) is 0 Å². The van der Waals surface area contributed by atoms with Crippen molar-refractivity contribution in [3.8, 4) is 0 Å². The number of benzene rings is 2. The molecule has 1 saturated heterocycles. The number of carbonyl (C=O) groups excluding carboxylic acids is 2. The Bertz CT molecular complexity index is 1040. The maximum Gasteiger partial charge on any atom is 0.338 e. The summed E-state index contributed by atoms with van der Waals surface area (Å²) in [7, 11) is 1.38. The number of urea groups is 1. The molecular weight excluding hydrogens is 416 g/mol. The number of rotatable bonds is 6. The van der Waals surface area contributed by atoms with Crippen molar-refractivity contribution in [2.24, 2.45) is 0 Å². The molecule has 0 aliphatic carbocycles. The summed E-state index contributed by atoms with van der Waals surface area (Å²) in [6.45, 7) is 8.17. The molecule has 2 aliphatic rings. The van der Waals surface area contributed by atoms with Gasteiger partial charge in [0.1, 0.15) is 0 Å². The van der Waals surface area contributed by atoms with Crippen LogP contribution in [0, 0.1) is 6.92 Å². The zero-order chi connectivity index (χ0) is 23.4. The number of nitrogens with zero attached hydrogens (tertiary/aromatic N) is 2. The number of piperazine rings is 1. The zero-order valence-corrected chi connectivity index (χ0v) is 19.6. The molecule has 0 aromatic heterocycles. The fourth-order valence-corrected chi connectivity index (χ4v) is 4.58. The summed E-state index contributed by atoms with van der Waals surface area (Å²) in [5.41, 5.74) is 5.67. The Morgan fingerprint density at radius 1 is 1.06 bits per heavy atom. The standard InChI is InChI=1S/C26H32N4O3/c1-4-19-9-11-20(12-10-19)24-23(25(31)33-3)21(27-26(32)28-24)17-29-13-15-30(16-14-29)22-8-6-5-7-18(22)2/h5-12,24H,4,13-17H2,1-3H3,(H2,27,28,32)/t24-/m1/s1. The van der Waals surface area contributed by atoms with E-state index in [1.54, 1.807) is 0 Å².